The Labute approximate surface area is 245 Å². The van der Waals surface area contributed by atoms with Gasteiger partial charge in [-0.15, -0.1) is 0 Å². The predicted molar refractivity (Wildman–Crippen MR) is 158 cm³/mol. The number of ether oxygens (including phenoxy) is 4. The molecule has 0 amide bonds. The fourth-order valence-electron chi connectivity index (χ4n) is 4.59. The fraction of sp³-hybridized carbons (Fsp3) is 0.265. The van der Waals surface area contributed by atoms with Gasteiger partial charge < -0.3 is 24.1 Å². The molecule has 6 nitrogen and oxygen atoms in total. The Hall–Kier alpha value is -3.46. The number of hydrogen-bond donors (Lipinski definition) is 1. The summed E-state index contributed by atoms with van der Waals surface area (Å²) in [5, 5.41) is 11.5. The monoisotopic (exact) mass is 570 g/mol. The third-order valence-corrected chi connectivity index (χ3v) is 7.98. The van der Waals surface area contributed by atoms with Crippen molar-refractivity contribution in [2.24, 2.45) is 0 Å². The molecule has 5 rings (SSSR count). The van der Waals surface area contributed by atoms with Crippen LogP contribution >= 0.6 is 11.8 Å². The largest absolute Gasteiger partial charge is 0.452 e. The van der Waals surface area contributed by atoms with Gasteiger partial charge in [0.15, 0.2) is 6.10 Å². The molecular formula is C34H34O6S. The lowest BCUT2D eigenvalue weighted by Gasteiger charge is -2.43. The number of thioether (sulfide) groups is 1. The molecule has 0 unspecified atom stereocenters. The van der Waals surface area contributed by atoms with Gasteiger partial charge in [-0.1, -0.05) is 108 Å². The van der Waals surface area contributed by atoms with Crippen molar-refractivity contribution in [3.8, 4) is 0 Å². The van der Waals surface area contributed by atoms with E-state index in [1.54, 1.807) is 24.3 Å². The maximum Gasteiger partial charge on any atom is 0.338 e. The van der Waals surface area contributed by atoms with Crippen LogP contribution in [0.5, 0.6) is 0 Å². The van der Waals surface area contributed by atoms with Crippen molar-refractivity contribution >= 4 is 17.7 Å². The van der Waals surface area contributed by atoms with Crippen LogP contribution in [0, 0.1) is 6.92 Å². The molecule has 0 aromatic heterocycles. The molecule has 1 heterocycles. The first-order valence-electron chi connectivity index (χ1n) is 13.7. The van der Waals surface area contributed by atoms with Gasteiger partial charge in [0, 0.05) is 4.90 Å². The zero-order chi connectivity index (χ0) is 28.4. The summed E-state index contributed by atoms with van der Waals surface area (Å²) in [5.41, 5.74) is 2.86. The molecule has 1 aliphatic rings. The number of rotatable bonds is 11. The van der Waals surface area contributed by atoms with Gasteiger partial charge in [0.2, 0.25) is 0 Å². The van der Waals surface area contributed by atoms with Gasteiger partial charge in [0.1, 0.15) is 23.7 Å². The van der Waals surface area contributed by atoms with Crippen LogP contribution in [-0.2, 0) is 32.2 Å². The van der Waals surface area contributed by atoms with Gasteiger partial charge >= 0.3 is 5.97 Å². The topological polar surface area (TPSA) is 74.2 Å². The van der Waals surface area contributed by atoms with E-state index < -0.39 is 35.8 Å². The van der Waals surface area contributed by atoms with E-state index in [1.807, 2.05) is 97.9 Å². The second-order valence-corrected chi connectivity index (χ2v) is 11.1. The summed E-state index contributed by atoms with van der Waals surface area (Å²) in [7, 11) is 0. The molecule has 1 fully saturated rings. The first-order valence-corrected chi connectivity index (χ1v) is 14.5. The number of esters is 1. The maximum absolute atomic E-state index is 13.2. The molecule has 4 aromatic rings. The molecule has 5 atom stereocenters. The zero-order valence-corrected chi connectivity index (χ0v) is 23.7. The fourth-order valence-corrected chi connectivity index (χ4v) is 5.69. The molecule has 0 spiro atoms. The van der Waals surface area contributed by atoms with Crippen LogP contribution in [-0.4, -0.2) is 47.5 Å². The summed E-state index contributed by atoms with van der Waals surface area (Å²) in [6, 6.07) is 36.4. The van der Waals surface area contributed by atoms with Crippen LogP contribution in [0.4, 0.5) is 0 Å². The molecule has 4 aromatic carbocycles. The Bertz CT molecular complexity index is 1350. The van der Waals surface area contributed by atoms with E-state index in [4.69, 9.17) is 18.9 Å². The van der Waals surface area contributed by atoms with E-state index in [2.05, 4.69) is 0 Å². The van der Waals surface area contributed by atoms with Crippen LogP contribution in [0.3, 0.4) is 0 Å². The SMILES string of the molecule is Cc1ccc(S[C@@H]2O[C@H](COCc3ccccc3)[C@@H](O)[C@H](OCc3ccccc3)[C@H]2OC(=O)c2ccccc2)cc1. The van der Waals surface area contributed by atoms with E-state index >= 15 is 0 Å². The third kappa shape index (κ3) is 8.06. The van der Waals surface area contributed by atoms with Gasteiger partial charge in [-0.05, 0) is 42.3 Å². The van der Waals surface area contributed by atoms with Gasteiger partial charge in [0.05, 0.1) is 25.4 Å². The molecule has 41 heavy (non-hydrogen) atoms. The average molecular weight is 571 g/mol. The van der Waals surface area contributed by atoms with Crippen LogP contribution < -0.4 is 0 Å². The summed E-state index contributed by atoms with van der Waals surface area (Å²) >= 11 is 1.43. The molecule has 0 bridgehead atoms. The van der Waals surface area contributed by atoms with E-state index in [-0.39, 0.29) is 13.2 Å². The molecule has 0 aliphatic carbocycles. The Kier molecular flexibility index (Phi) is 10.2. The van der Waals surface area contributed by atoms with E-state index in [1.165, 1.54) is 11.8 Å². The highest BCUT2D eigenvalue weighted by molar-refractivity contribution is 7.99. The van der Waals surface area contributed by atoms with Crippen molar-refractivity contribution in [3.05, 3.63) is 138 Å². The van der Waals surface area contributed by atoms with Crippen LogP contribution in [0.1, 0.15) is 27.0 Å². The number of benzene rings is 4. The molecule has 0 radical (unpaired) electrons. The van der Waals surface area contributed by atoms with Crippen molar-refractivity contribution in [1.82, 2.24) is 0 Å². The van der Waals surface area contributed by atoms with Crippen molar-refractivity contribution in [1.29, 1.82) is 0 Å². The quantitative estimate of drug-likeness (QED) is 0.215. The Morgan fingerprint density at radius 3 is 2.00 bits per heavy atom. The highest BCUT2D eigenvalue weighted by Gasteiger charge is 2.49. The summed E-state index contributed by atoms with van der Waals surface area (Å²) in [5.74, 6) is -0.506. The molecule has 1 aliphatic heterocycles. The number of carbonyl (C=O) groups excluding carboxylic acids is 1. The third-order valence-electron chi connectivity index (χ3n) is 6.82. The number of aliphatic hydroxyl groups is 1. The standard InChI is InChI=1S/C34H34O6S/c1-24-17-19-28(20-18-24)41-34-32(40-33(36)27-15-9-4-10-16-27)31(38-22-26-13-7-3-8-14-26)30(35)29(39-34)23-37-21-25-11-5-2-6-12-25/h2-20,29-32,34-35H,21-23H2,1H3/t29-,30-,31+,32-,34+/m1/s1. The minimum atomic E-state index is -1.10. The van der Waals surface area contributed by atoms with Gasteiger partial charge in [-0.25, -0.2) is 4.79 Å². The normalized spacial score (nSPS) is 22.2. The summed E-state index contributed by atoms with van der Waals surface area (Å²) in [6.07, 6.45) is -3.55. The lowest BCUT2D eigenvalue weighted by atomic mass is 9.99. The predicted octanol–water partition coefficient (Wildman–Crippen LogP) is 6.20. The first-order chi connectivity index (χ1) is 20.1. The van der Waals surface area contributed by atoms with Crippen LogP contribution in [0.15, 0.2) is 120 Å². The average Bonchev–Trinajstić information content (AvgIpc) is 3.01. The Morgan fingerprint density at radius 2 is 1.37 bits per heavy atom. The number of aliphatic hydroxyl groups excluding tert-OH is 1. The molecule has 212 valence electrons. The summed E-state index contributed by atoms with van der Waals surface area (Å²) in [6.45, 7) is 2.79. The number of carbonyl (C=O) groups is 1. The minimum absolute atomic E-state index is 0.144. The van der Waals surface area contributed by atoms with E-state index in [0.29, 0.717) is 12.2 Å². The van der Waals surface area contributed by atoms with Crippen molar-refractivity contribution in [3.63, 3.8) is 0 Å². The number of aryl methyl sites for hydroxylation is 1. The second-order valence-electron chi connectivity index (χ2n) is 9.96. The lowest BCUT2D eigenvalue weighted by molar-refractivity contribution is -0.227. The van der Waals surface area contributed by atoms with Crippen molar-refractivity contribution in [2.45, 2.75) is 54.9 Å². The van der Waals surface area contributed by atoms with Crippen molar-refractivity contribution in [2.75, 3.05) is 6.61 Å². The Balaban J connectivity index is 1.40. The van der Waals surface area contributed by atoms with Crippen LogP contribution in [0.2, 0.25) is 0 Å². The van der Waals surface area contributed by atoms with E-state index in [0.717, 1.165) is 21.6 Å². The van der Waals surface area contributed by atoms with Crippen molar-refractivity contribution < 1.29 is 28.8 Å². The van der Waals surface area contributed by atoms with Crippen LogP contribution in [0.25, 0.3) is 0 Å². The molecular weight excluding hydrogens is 536 g/mol. The second kappa shape index (κ2) is 14.4. The lowest BCUT2D eigenvalue weighted by Crippen LogP contribution is -2.60. The van der Waals surface area contributed by atoms with Gasteiger partial charge in [-0.2, -0.15) is 0 Å². The highest BCUT2D eigenvalue weighted by Crippen LogP contribution is 2.37. The van der Waals surface area contributed by atoms with Gasteiger partial charge in [-0.3, -0.25) is 0 Å². The van der Waals surface area contributed by atoms with Gasteiger partial charge in [0.25, 0.3) is 0 Å². The minimum Gasteiger partial charge on any atom is -0.452 e. The smallest absolute Gasteiger partial charge is 0.338 e. The highest BCUT2D eigenvalue weighted by atomic mass is 32.2. The molecule has 0 saturated carbocycles. The molecule has 1 N–H and O–H groups in total. The van der Waals surface area contributed by atoms with E-state index in [9.17, 15) is 9.90 Å². The Morgan fingerprint density at radius 1 is 0.780 bits per heavy atom. The molecule has 1 saturated heterocycles. The summed E-state index contributed by atoms with van der Waals surface area (Å²) in [4.78, 5) is 14.2. The zero-order valence-electron chi connectivity index (χ0n) is 22.9. The molecule has 7 heteroatoms. The maximum atomic E-state index is 13.2. The first kappa shape index (κ1) is 29.0. The number of hydrogen-bond acceptors (Lipinski definition) is 7. The summed E-state index contributed by atoms with van der Waals surface area (Å²) < 4.78 is 24.8.